The van der Waals surface area contributed by atoms with E-state index in [4.69, 9.17) is 5.41 Å². The quantitative estimate of drug-likeness (QED) is 0.778. The van der Waals surface area contributed by atoms with Crippen LogP contribution in [0.1, 0.15) is 13.3 Å². The van der Waals surface area contributed by atoms with Crippen LogP contribution in [0.4, 0.5) is 0 Å². The molecule has 0 radical (unpaired) electrons. The summed E-state index contributed by atoms with van der Waals surface area (Å²) < 4.78 is 1.88. The Morgan fingerprint density at radius 3 is 3.23 bits per heavy atom. The van der Waals surface area contributed by atoms with E-state index >= 15 is 0 Å². The molecule has 0 spiro atoms. The summed E-state index contributed by atoms with van der Waals surface area (Å²) in [5, 5.41) is 10.8. The highest BCUT2D eigenvalue weighted by Crippen LogP contribution is 2.13. The molecule has 0 amide bonds. The minimum Gasteiger partial charge on any atom is -0.317 e. The van der Waals surface area contributed by atoms with Crippen molar-refractivity contribution in [2.45, 2.75) is 19.9 Å². The normalized spacial score (nSPS) is 10.8. The minimum absolute atomic E-state index is 0.577. The van der Waals surface area contributed by atoms with Crippen LogP contribution >= 0.6 is 11.3 Å². The summed E-state index contributed by atoms with van der Waals surface area (Å²) in [5.74, 6) is 0. The van der Waals surface area contributed by atoms with E-state index in [-0.39, 0.29) is 0 Å². The first-order valence-electron chi connectivity index (χ1n) is 4.30. The van der Waals surface area contributed by atoms with Gasteiger partial charge in [0.15, 0.2) is 0 Å². The van der Waals surface area contributed by atoms with Gasteiger partial charge in [-0.05, 0) is 17.9 Å². The SMILES string of the molecule is CCCn1cnc2sccc2c1=N. The Morgan fingerprint density at radius 2 is 2.46 bits per heavy atom. The average molecular weight is 193 g/mol. The predicted octanol–water partition coefficient (Wildman–Crippen LogP) is 1.99. The largest absolute Gasteiger partial charge is 0.317 e. The highest BCUT2D eigenvalue weighted by atomic mass is 32.1. The van der Waals surface area contributed by atoms with Crippen LogP contribution < -0.4 is 5.49 Å². The van der Waals surface area contributed by atoms with E-state index in [1.54, 1.807) is 17.7 Å². The Hall–Kier alpha value is -1.16. The molecule has 68 valence electrons. The molecule has 0 unspecified atom stereocenters. The fourth-order valence-electron chi connectivity index (χ4n) is 1.33. The van der Waals surface area contributed by atoms with Crippen LogP contribution in [0.3, 0.4) is 0 Å². The van der Waals surface area contributed by atoms with Gasteiger partial charge in [0.25, 0.3) is 0 Å². The molecule has 0 saturated carbocycles. The van der Waals surface area contributed by atoms with E-state index in [2.05, 4.69) is 11.9 Å². The van der Waals surface area contributed by atoms with Gasteiger partial charge in [0.1, 0.15) is 10.3 Å². The second kappa shape index (κ2) is 3.30. The summed E-state index contributed by atoms with van der Waals surface area (Å²) >= 11 is 1.58. The van der Waals surface area contributed by atoms with Crippen LogP contribution in [0.5, 0.6) is 0 Å². The molecule has 0 bridgehead atoms. The molecule has 1 N–H and O–H groups in total. The second-order valence-electron chi connectivity index (χ2n) is 2.93. The fourth-order valence-corrected chi connectivity index (χ4v) is 2.06. The number of nitrogens with one attached hydrogen (secondary N) is 1. The highest BCUT2D eigenvalue weighted by molar-refractivity contribution is 7.16. The molecular formula is C9H11N3S. The lowest BCUT2D eigenvalue weighted by molar-refractivity contribution is 0.633. The first-order valence-corrected chi connectivity index (χ1v) is 5.18. The number of rotatable bonds is 2. The Labute approximate surface area is 80.2 Å². The molecule has 0 aliphatic heterocycles. The third kappa shape index (κ3) is 1.37. The molecule has 2 aromatic heterocycles. The number of aromatic nitrogens is 2. The molecule has 13 heavy (non-hydrogen) atoms. The molecule has 0 aliphatic rings. The third-order valence-corrected chi connectivity index (χ3v) is 2.79. The highest BCUT2D eigenvalue weighted by Gasteiger charge is 2.00. The van der Waals surface area contributed by atoms with Gasteiger partial charge in [-0.15, -0.1) is 11.3 Å². The molecular weight excluding hydrogens is 182 g/mol. The molecule has 3 nitrogen and oxygen atoms in total. The maximum Gasteiger partial charge on any atom is 0.136 e. The Balaban J connectivity index is 2.67. The molecule has 2 aromatic rings. The van der Waals surface area contributed by atoms with E-state index in [1.165, 1.54) is 0 Å². The first kappa shape index (κ1) is 8.44. The summed E-state index contributed by atoms with van der Waals surface area (Å²) in [6.07, 6.45) is 2.79. The minimum atomic E-state index is 0.577. The van der Waals surface area contributed by atoms with E-state index in [0.29, 0.717) is 5.49 Å². The van der Waals surface area contributed by atoms with Gasteiger partial charge in [0.05, 0.1) is 11.7 Å². The maximum atomic E-state index is 7.89. The molecule has 2 rings (SSSR count). The number of hydrogen-bond donors (Lipinski definition) is 1. The van der Waals surface area contributed by atoms with Crippen LogP contribution in [-0.2, 0) is 6.54 Å². The van der Waals surface area contributed by atoms with Gasteiger partial charge in [-0.1, -0.05) is 6.92 Å². The van der Waals surface area contributed by atoms with E-state index in [0.717, 1.165) is 23.2 Å². The summed E-state index contributed by atoms with van der Waals surface area (Å²) in [4.78, 5) is 5.24. The monoisotopic (exact) mass is 193 g/mol. The van der Waals surface area contributed by atoms with Crippen LogP contribution in [0.25, 0.3) is 10.2 Å². The Morgan fingerprint density at radius 1 is 1.62 bits per heavy atom. The van der Waals surface area contributed by atoms with E-state index in [1.807, 2.05) is 16.0 Å². The molecule has 0 aliphatic carbocycles. The van der Waals surface area contributed by atoms with Gasteiger partial charge in [0, 0.05) is 6.54 Å². The Kier molecular flexibility index (Phi) is 2.14. The summed E-state index contributed by atoms with van der Waals surface area (Å²) in [7, 11) is 0. The summed E-state index contributed by atoms with van der Waals surface area (Å²) in [5.41, 5.74) is 0.577. The van der Waals surface area contributed by atoms with Crippen molar-refractivity contribution in [2.75, 3.05) is 0 Å². The Bertz CT molecular complexity index is 469. The van der Waals surface area contributed by atoms with Gasteiger partial charge >= 0.3 is 0 Å². The van der Waals surface area contributed by atoms with Crippen molar-refractivity contribution in [3.8, 4) is 0 Å². The molecule has 2 heterocycles. The van der Waals surface area contributed by atoms with Crippen molar-refractivity contribution in [3.63, 3.8) is 0 Å². The lowest BCUT2D eigenvalue weighted by Crippen LogP contribution is -2.19. The van der Waals surface area contributed by atoms with Crippen LogP contribution in [0, 0.1) is 5.41 Å². The first-order chi connectivity index (χ1) is 6.33. The van der Waals surface area contributed by atoms with Crippen LogP contribution in [0.2, 0.25) is 0 Å². The standard InChI is InChI=1S/C9H11N3S/c1-2-4-12-6-11-9-7(8(12)10)3-5-13-9/h3,5-6,10H,2,4H2,1H3. The number of nitrogens with zero attached hydrogens (tertiary/aromatic N) is 2. The number of thiophene rings is 1. The van der Waals surface area contributed by atoms with Gasteiger partial charge < -0.3 is 4.57 Å². The van der Waals surface area contributed by atoms with Crippen LogP contribution in [0.15, 0.2) is 17.8 Å². The van der Waals surface area contributed by atoms with Crippen LogP contribution in [-0.4, -0.2) is 9.55 Å². The lowest BCUT2D eigenvalue weighted by atomic mass is 10.4. The topological polar surface area (TPSA) is 41.7 Å². The molecule has 0 saturated heterocycles. The summed E-state index contributed by atoms with van der Waals surface area (Å²) in [6.45, 7) is 2.97. The zero-order chi connectivity index (χ0) is 9.26. The smallest absolute Gasteiger partial charge is 0.136 e. The number of hydrogen-bond acceptors (Lipinski definition) is 3. The summed E-state index contributed by atoms with van der Waals surface area (Å²) in [6, 6.07) is 1.96. The van der Waals surface area contributed by atoms with E-state index in [9.17, 15) is 0 Å². The van der Waals surface area contributed by atoms with E-state index < -0.39 is 0 Å². The van der Waals surface area contributed by atoms with Crippen molar-refractivity contribution >= 4 is 21.6 Å². The predicted molar refractivity (Wildman–Crippen MR) is 53.8 cm³/mol. The average Bonchev–Trinajstić information content (AvgIpc) is 2.58. The van der Waals surface area contributed by atoms with Gasteiger partial charge in [-0.25, -0.2) is 4.98 Å². The third-order valence-electron chi connectivity index (χ3n) is 1.97. The van der Waals surface area contributed by atoms with Crippen molar-refractivity contribution in [3.05, 3.63) is 23.3 Å². The molecule has 0 fully saturated rings. The molecule has 0 aromatic carbocycles. The van der Waals surface area contributed by atoms with Gasteiger partial charge in [0.2, 0.25) is 0 Å². The van der Waals surface area contributed by atoms with Crippen molar-refractivity contribution < 1.29 is 0 Å². The second-order valence-corrected chi connectivity index (χ2v) is 3.82. The number of aryl methyl sites for hydroxylation is 1. The van der Waals surface area contributed by atoms with Crippen molar-refractivity contribution in [1.82, 2.24) is 9.55 Å². The molecule has 4 heteroatoms. The molecule has 0 atom stereocenters. The zero-order valence-corrected chi connectivity index (χ0v) is 8.27. The maximum absolute atomic E-state index is 7.89. The number of fused-ring (bicyclic) bond motifs is 1. The lowest BCUT2D eigenvalue weighted by Gasteiger charge is -2.03. The fraction of sp³-hybridized carbons (Fsp3) is 0.333. The zero-order valence-electron chi connectivity index (χ0n) is 7.45. The van der Waals surface area contributed by atoms with Gasteiger partial charge in [-0.3, -0.25) is 5.41 Å². The van der Waals surface area contributed by atoms with Gasteiger partial charge in [-0.2, -0.15) is 0 Å². The van der Waals surface area contributed by atoms with Crippen molar-refractivity contribution in [1.29, 1.82) is 5.41 Å². The van der Waals surface area contributed by atoms with Crippen molar-refractivity contribution in [2.24, 2.45) is 0 Å².